The Morgan fingerprint density at radius 1 is 1.33 bits per heavy atom. The molecule has 0 aromatic heterocycles. The van der Waals surface area contributed by atoms with Gasteiger partial charge >= 0.3 is 5.97 Å². The van der Waals surface area contributed by atoms with Gasteiger partial charge in [0.05, 0.1) is 0 Å². The molecule has 82 valence electrons. The first-order valence-corrected chi connectivity index (χ1v) is 4.73. The summed E-state index contributed by atoms with van der Waals surface area (Å²) in [6.07, 6.45) is 0. The molecule has 1 rings (SSSR count). The first-order chi connectivity index (χ1) is 7.00. The Kier molecular flexibility index (Phi) is 3.80. The van der Waals surface area contributed by atoms with Crippen molar-refractivity contribution >= 4 is 5.97 Å². The number of hydrogen-bond donors (Lipinski definition) is 1. The van der Waals surface area contributed by atoms with Crippen LogP contribution in [0.25, 0.3) is 0 Å². The Morgan fingerprint density at radius 2 is 1.87 bits per heavy atom. The predicted molar refractivity (Wildman–Crippen MR) is 54.8 cm³/mol. The van der Waals surface area contributed by atoms with Gasteiger partial charge in [0.2, 0.25) is 0 Å². The molecular formula is C11H14FNO2. The van der Waals surface area contributed by atoms with Crippen molar-refractivity contribution in [3.8, 4) is 5.75 Å². The van der Waals surface area contributed by atoms with Gasteiger partial charge in [0.1, 0.15) is 17.6 Å². The minimum absolute atomic E-state index is 0.0120. The molecule has 0 saturated carbocycles. The van der Waals surface area contributed by atoms with Gasteiger partial charge in [-0.1, -0.05) is 13.8 Å². The van der Waals surface area contributed by atoms with Gasteiger partial charge in [-0.25, -0.2) is 9.18 Å². The number of hydrogen-bond acceptors (Lipinski definition) is 3. The molecule has 3 nitrogen and oxygen atoms in total. The van der Waals surface area contributed by atoms with E-state index in [0.717, 1.165) is 0 Å². The lowest BCUT2D eigenvalue weighted by atomic mass is 10.1. The zero-order valence-corrected chi connectivity index (χ0v) is 8.74. The highest BCUT2D eigenvalue weighted by Crippen LogP contribution is 2.12. The molecule has 4 heteroatoms. The molecule has 0 heterocycles. The van der Waals surface area contributed by atoms with Gasteiger partial charge in [-0.2, -0.15) is 0 Å². The summed E-state index contributed by atoms with van der Waals surface area (Å²) >= 11 is 0. The SMILES string of the molecule is CC(C)[C@H](N)C(=O)Oc1ccc(F)cc1. The van der Waals surface area contributed by atoms with Gasteiger partial charge in [0.15, 0.2) is 0 Å². The fourth-order valence-electron chi connectivity index (χ4n) is 0.959. The molecule has 0 fully saturated rings. The van der Waals surface area contributed by atoms with Crippen molar-refractivity contribution in [2.45, 2.75) is 19.9 Å². The van der Waals surface area contributed by atoms with E-state index in [-0.39, 0.29) is 11.7 Å². The molecule has 1 atom stereocenters. The Hall–Kier alpha value is -1.42. The van der Waals surface area contributed by atoms with Gasteiger partial charge in [0, 0.05) is 0 Å². The van der Waals surface area contributed by atoms with Crippen molar-refractivity contribution in [1.29, 1.82) is 0 Å². The van der Waals surface area contributed by atoms with Gasteiger partial charge in [-0.3, -0.25) is 0 Å². The fraction of sp³-hybridized carbons (Fsp3) is 0.364. The molecule has 0 aliphatic rings. The molecule has 1 aromatic carbocycles. The summed E-state index contributed by atoms with van der Waals surface area (Å²) < 4.78 is 17.5. The maximum Gasteiger partial charge on any atom is 0.328 e. The quantitative estimate of drug-likeness (QED) is 0.611. The van der Waals surface area contributed by atoms with Crippen LogP contribution in [0.1, 0.15) is 13.8 Å². The summed E-state index contributed by atoms with van der Waals surface area (Å²) in [4.78, 5) is 11.4. The van der Waals surface area contributed by atoms with Crippen LogP contribution in [0.5, 0.6) is 5.75 Å². The van der Waals surface area contributed by atoms with Crippen LogP contribution in [0.3, 0.4) is 0 Å². The van der Waals surface area contributed by atoms with E-state index in [2.05, 4.69) is 0 Å². The molecule has 0 spiro atoms. The monoisotopic (exact) mass is 211 g/mol. The summed E-state index contributed by atoms with van der Waals surface area (Å²) in [5.74, 6) is -0.560. The highest BCUT2D eigenvalue weighted by atomic mass is 19.1. The second-order valence-electron chi connectivity index (χ2n) is 3.64. The number of carbonyl (C=O) groups is 1. The number of ether oxygens (including phenoxy) is 1. The average molecular weight is 211 g/mol. The minimum Gasteiger partial charge on any atom is -0.425 e. The lowest BCUT2D eigenvalue weighted by molar-refractivity contribution is -0.136. The van der Waals surface area contributed by atoms with E-state index >= 15 is 0 Å². The largest absolute Gasteiger partial charge is 0.425 e. The first-order valence-electron chi connectivity index (χ1n) is 4.73. The van der Waals surface area contributed by atoms with Crippen molar-refractivity contribution in [2.75, 3.05) is 0 Å². The van der Waals surface area contributed by atoms with Gasteiger partial charge < -0.3 is 10.5 Å². The van der Waals surface area contributed by atoms with E-state index < -0.39 is 12.0 Å². The molecule has 15 heavy (non-hydrogen) atoms. The summed E-state index contributed by atoms with van der Waals surface area (Å²) in [6, 6.07) is 4.57. The normalized spacial score (nSPS) is 12.6. The molecule has 0 saturated heterocycles. The second-order valence-corrected chi connectivity index (χ2v) is 3.64. The van der Waals surface area contributed by atoms with E-state index in [1.165, 1.54) is 24.3 Å². The Bertz CT molecular complexity index is 335. The molecule has 0 unspecified atom stereocenters. The van der Waals surface area contributed by atoms with Gasteiger partial charge in [-0.15, -0.1) is 0 Å². The van der Waals surface area contributed by atoms with Crippen LogP contribution < -0.4 is 10.5 Å². The highest BCUT2D eigenvalue weighted by Gasteiger charge is 2.19. The Labute approximate surface area is 88.0 Å². The number of esters is 1. The molecule has 0 aliphatic heterocycles. The number of carbonyl (C=O) groups excluding carboxylic acids is 1. The summed E-state index contributed by atoms with van der Waals surface area (Å²) in [5, 5.41) is 0. The Balaban J connectivity index is 2.62. The zero-order chi connectivity index (χ0) is 11.4. The zero-order valence-electron chi connectivity index (χ0n) is 8.74. The summed E-state index contributed by atoms with van der Waals surface area (Å²) in [6.45, 7) is 3.66. The topological polar surface area (TPSA) is 52.3 Å². The van der Waals surface area contributed by atoms with E-state index in [1.54, 1.807) is 0 Å². The minimum atomic E-state index is -0.657. The smallest absolute Gasteiger partial charge is 0.328 e. The van der Waals surface area contributed by atoms with Crippen LogP contribution >= 0.6 is 0 Å². The maximum atomic E-state index is 12.5. The van der Waals surface area contributed by atoms with Crippen molar-refractivity contribution in [3.05, 3.63) is 30.1 Å². The number of rotatable bonds is 3. The van der Waals surface area contributed by atoms with Crippen LogP contribution in [0.4, 0.5) is 4.39 Å². The molecular weight excluding hydrogens is 197 g/mol. The van der Waals surface area contributed by atoms with Crippen molar-refractivity contribution < 1.29 is 13.9 Å². The molecule has 0 bridgehead atoms. The summed E-state index contributed by atoms with van der Waals surface area (Å²) in [7, 11) is 0. The molecule has 2 N–H and O–H groups in total. The van der Waals surface area contributed by atoms with Crippen LogP contribution in [-0.2, 0) is 4.79 Å². The van der Waals surface area contributed by atoms with Crippen LogP contribution in [-0.4, -0.2) is 12.0 Å². The van der Waals surface area contributed by atoms with Gasteiger partial charge in [0.25, 0.3) is 0 Å². The van der Waals surface area contributed by atoms with Crippen molar-refractivity contribution in [3.63, 3.8) is 0 Å². The lowest BCUT2D eigenvalue weighted by Gasteiger charge is -2.13. The lowest BCUT2D eigenvalue weighted by Crippen LogP contribution is -2.38. The number of halogens is 1. The molecule has 0 amide bonds. The maximum absolute atomic E-state index is 12.5. The van der Waals surface area contributed by atoms with Gasteiger partial charge in [-0.05, 0) is 30.2 Å². The van der Waals surface area contributed by atoms with Crippen LogP contribution in [0.2, 0.25) is 0 Å². The van der Waals surface area contributed by atoms with Crippen LogP contribution in [0.15, 0.2) is 24.3 Å². The molecule has 1 aromatic rings. The third kappa shape index (κ3) is 3.32. The van der Waals surface area contributed by atoms with E-state index in [9.17, 15) is 9.18 Å². The van der Waals surface area contributed by atoms with Crippen LogP contribution in [0, 0.1) is 11.7 Å². The number of benzene rings is 1. The fourth-order valence-corrected chi connectivity index (χ4v) is 0.959. The third-order valence-corrected chi connectivity index (χ3v) is 2.02. The highest BCUT2D eigenvalue weighted by molar-refractivity contribution is 5.78. The standard InChI is InChI=1S/C11H14FNO2/c1-7(2)10(13)11(14)15-9-5-3-8(12)4-6-9/h3-7,10H,13H2,1-2H3/t10-/m0/s1. The van der Waals surface area contributed by atoms with E-state index in [0.29, 0.717) is 5.75 Å². The third-order valence-electron chi connectivity index (χ3n) is 2.02. The predicted octanol–water partition coefficient (Wildman–Crippen LogP) is 1.71. The molecule has 0 aliphatic carbocycles. The average Bonchev–Trinajstić information content (AvgIpc) is 2.20. The molecule has 0 radical (unpaired) electrons. The van der Waals surface area contributed by atoms with E-state index in [1.807, 2.05) is 13.8 Å². The second kappa shape index (κ2) is 4.89. The number of nitrogens with two attached hydrogens (primary N) is 1. The van der Waals surface area contributed by atoms with Crippen molar-refractivity contribution in [1.82, 2.24) is 0 Å². The first kappa shape index (κ1) is 11.7. The summed E-state index contributed by atoms with van der Waals surface area (Å²) in [5.41, 5.74) is 5.59. The van der Waals surface area contributed by atoms with E-state index in [4.69, 9.17) is 10.5 Å². The van der Waals surface area contributed by atoms with Crippen molar-refractivity contribution in [2.24, 2.45) is 11.7 Å². The Morgan fingerprint density at radius 3 is 2.33 bits per heavy atom.